The first kappa shape index (κ1) is 25.5. The maximum Gasteiger partial charge on any atom is 0.108 e. The summed E-state index contributed by atoms with van der Waals surface area (Å²) in [6.07, 6.45) is 20.0. The lowest BCUT2D eigenvalue weighted by Crippen LogP contribution is -3.00. The van der Waals surface area contributed by atoms with Crippen LogP contribution in [-0.4, -0.2) is 31.9 Å². The van der Waals surface area contributed by atoms with E-state index in [-0.39, 0.29) is 12.4 Å². The number of nitrogens with zero attached hydrogens (tertiary/aromatic N) is 1. The minimum atomic E-state index is 0. The van der Waals surface area contributed by atoms with Gasteiger partial charge in [-0.2, -0.15) is 4.65 Å². The van der Waals surface area contributed by atoms with Gasteiger partial charge in [0.05, 0.1) is 14.1 Å². The second-order valence-electron chi connectivity index (χ2n) is 7.31. The van der Waals surface area contributed by atoms with Gasteiger partial charge in [0, 0.05) is 0 Å². The van der Waals surface area contributed by atoms with Crippen molar-refractivity contribution in [2.45, 2.75) is 104 Å². The van der Waals surface area contributed by atoms with E-state index in [0.29, 0.717) is 0 Å². The Balaban J connectivity index is 0. The smallest absolute Gasteiger partial charge is 0.108 e. The molecule has 0 saturated carbocycles. The molecule has 0 aromatic carbocycles. The van der Waals surface area contributed by atoms with E-state index in [4.69, 9.17) is 4.84 Å². The summed E-state index contributed by atoms with van der Waals surface area (Å²) in [5.74, 6) is 0. The number of hydroxylamine groups is 3. The Morgan fingerprint density at radius 1 is 0.565 bits per heavy atom. The molecule has 0 radical (unpaired) electrons. The molecule has 0 aliphatic heterocycles. The Morgan fingerprint density at radius 3 is 1.26 bits per heavy atom. The van der Waals surface area contributed by atoms with Crippen molar-refractivity contribution in [1.82, 2.24) is 0 Å². The van der Waals surface area contributed by atoms with Crippen molar-refractivity contribution in [3.8, 4) is 0 Å². The molecule has 0 saturated heterocycles. The summed E-state index contributed by atoms with van der Waals surface area (Å²) < 4.78 is 0.717. The Morgan fingerprint density at radius 2 is 0.913 bits per heavy atom. The normalized spacial score (nSPS) is 11.5. The fourth-order valence-electron chi connectivity index (χ4n) is 3.10. The van der Waals surface area contributed by atoms with Crippen LogP contribution in [0.1, 0.15) is 104 Å². The van der Waals surface area contributed by atoms with Gasteiger partial charge in [-0.05, 0) is 19.8 Å². The Labute approximate surface area is 153 Å². The van der Waals surface area contributed by atoms with Gasteiger partial charge in [-0.1, -0.05) is 84.0 Å². The molecule has 0 aromatic rings. The standard InChI is InChI=1S/C20H44NO.ClH/c1-5-7-8-9-10-11-12-13-14-15-16-17-18-19-20-21(3,4)22-6-2;/h5-20H2,1-4H3;1H/q+1;/p-1. The van der Waals surface area contributed by atoms with Crippen molar-refractivity contribution in [3.63, 3.8) is 0 Å². The second kappa shape index (κ2) is 18.5. The molecule has 0 unspecified atom stereocenters. The summed E-state index contributed by atoms with van der Waals surface area (Å²) in [7, 11) is 4.32. The highest BCUT2D eigenvalue weighted by Gasteiger charge is 2.14. The van der Waals surface area contributed by atoms with Crippen LogP contribution in [0.2, 0.25) is 0 Å². The fraction of sp³-hybridized carbons (Fsp3) is 1.00. The van der Waals surface area contributed by atoms with Gasteiger partial charge in [0.15, 0.2) is 0 Å². The van der Waals surface area contributed by atoms with Crippen LogP contribution in [0, 0.1) is 0 Å². The van der Waals surface area contributed by atoms with Crippen LogP contribution in [0.4, 0.5) is 0 Å². The molecule has 142 valence electrons. The molecule has 0 spiro atoms. The predicted octanol–water partition coefficient (Wildman–Crippen LogP) is 3.50. The maximum absolute atomic E-state index is 5.68. The topological polar surface area (TPSA) is 9.23 Å². The number of quaternary nitrogens is 1. The van der Waals surface area contributed by atoms with E-state index in [9.17, 15) is 0 Å². The highest BCUT2D eigenvalue weighted by Crippen LogP contribution is 2.13. The molecule has 0 bridgehead atoms. The molecular formula is C20H44ClNO. The van der Waals surface area contributed by atoms with Crippen LogP contribution >= 0.6 is 0 Å². The van der Waals surface area contributed by atoms with Crippen LogP contribution in [0.25, 0.3) is 0 Å². The number of unbranched alkanes of at least 4 members (excludes halogenated alkanes) is 13. The first-order chi connectivity index (χ1) is 10.6. The molecule has 0 N–H and O–H groups in total. The van der Waals surface area contributed by atoms with Gasteiger partial charge in [-0.25, -0.2) is 4.84 Å². The first-order valence-electron chi connectivity index (χ1n) is 10.1. The zero-order valence-electron chi connectivity index (χ0n) is 16.5. The highest BCUT2D eigenvalue weighted by molar-refractivity contribution is 4.49. The molecule has 0 heterocycles. The third-order valence-corrected chi connectivity index (χ3v) is 4.53. The average Bonchev–Trinajstić information content (AvgIpc) is 2.47. The molecule has 3 heteroatoms. The highest BCUT2D eigenvalue weighted by atomic mass is 35.5. The van der Waals surface area contributed by atoms with E-state index in [2.05, 4.69) is 27.9 Å². The van der Waals surface area contributed by atoms with Gasteiger partial charge in [-0.15, -0.1) is 0 Å². The number of hydrogen-bond acceptors (Lipinski definition) is 1. The molecule has 0 fully saturated rings. The molecular weight excluding hydrogens is 306 g/mol. The number of halogens is 1. The summed E-state index contributed by atoms with van der Waals surface area (Å²) >= 11 is 0. The van der Waals surface area contributed by atoms with Gasteiger partial charge in [0.2, 0.25) is 0 Å². The fourth-order valence-corrected chi connectivity index (χ4v) is 3.10. The average molecular weight is 350 g/mol. The van der Waals surface area contributed by atoms with E-state index < -0.39 is 0 Å². The molecule has 0 rings (SSSR count). The van der Waals surface area contributed by atoms with Crippen LogP contribution in [0.5, 0.6) is 0 Å². The van der Waals surface area contributed by atoms with Crippen molar-refractivity contribution in [2.24, 2.45) is 0 Å². The first-order valence-corrected chi connectivity index (χ1v) is 10.1. The number of rotatable bonds is 17. The predicted molar refractivity (Wildman–Crippen MR) is 98.9 cm³/mol. The number of hydrogen-bond donors (Lipinski definition) is 0. The van der Waals surface area contributed by atoms with Gasteiger partial charge >= 0.3 is 0 Å². The van der Waals surface area contributed by atoms with Crippen LogP contribution in [-0.2, 0) is 4.84 Å². The molecule has 23 heavy (non-hydrogen) atoms. The SMILES string of the molecule is CCCCCCCCCCCCCCCC[N+](C)(C)OCC.[Cl-]. The van der Waals surface area contributed by atoms with Gasteiger partial charge in [-0.3, -0.25) is 0 Å². The van der Waals surface area contributed by atoms with E-state index in [1.165, 1.54) is 89.9 Å². The largest absolute Gasteiger partial charge is 1.00 e. The lowest BCUT2D eigenvalue weighted by molar-refractivity contribution is -1.08. The van der Waals surface area contributed by atoms with E-state index >= 15 is 0 Å². The Hall–Kier alpha value is 0.210. The van der Waals surface area contributed by atoms with Crippen molar-refractivity contribution >= 4 is 0 Å². The molecule has 0 aliphatic carbocycles. The second-order valence-corrected chi connectivity index (χ2v) is 7.31. The third kappa shape index (κ3) is 20.2. The van der Waals surface area contributed by atoms with Crippen molar-refractivity contribution in [3.05, 3.63) is 0 Å². The van der Waals surface area contributed by atoms with Crippen LogP contribution < -0.4 is 12.4 Å². The lowest BCUT2D eigenvalue weighted by Gasteiger charge is -2.26. The lowest BCUT2D eigenvalue weighted by atomic mass is 10.0. The maximum atomic E-state index is 5.68. The van der Waals surface area contributed by atoms with Crippen LogP contribution in [0.3, 0.4) is 0 Å². The molecule has 0 aliphatic rings. The molecule has 0 aromatic heterocycles. The van der Waals surface area contributed by atoms with Crippen LogP contribution in [0.15, 0.2) is 0 Å². The van der Waals surface area contributed by atoms with E-state index in [1.807, 2.05) is 0 Å². The van der Waals surface area contributed by atoms with E-state index in [1.54, 1.807) is 0 Å². The third-order valence-electron chi connectivity index (χ3n) is 4.53. The Kier molecular flexibility index (Phi) is 20.5. The van der Waals surface area contributed by atoms with E-state index in [0.717, 1.165) is 17.8 Å². The zero-order chi connectivity index (χ0) is 16.5. The van der Waals surface area contributed by atoms with Crippen molar-refractivity contribution in [1.29, 1.82) is 0 Å². The van der Waals surface area contributed by atoms with Crippen molar-refractivity contribution < 1.29 is 21.9 Å². The monoisotopic (exact) mass is 349 g/mol. The Bertz CT molecular complexity index is 222. The summed E-state index contributed by atoms with van der Waals surface area (Å²) in [5, 5.41) is 0. The van der Waals surface area contributed by atoms with Crippen molar-refractivity contribution in [2.75, 3.05) is 27.2 Å². The molecule has 0 amide bonds. The summed E-state index contributed by atoms with van der Waals surface area (Å²) in [5.41, 5.74) is 0. The molecule has 0 atom stereocenters. The van der Waals surface area contributed by atoms with Gasteiger partial charge < -0.3 is 12.4 Å². The summed E-state index contributed by atoms with van der Waals surface area (Å²) in [4.78, 5) is 5.68. The quantitative estimate of drug-likeness (QED) is 0.222. The summed E-state index contributed by atoms with van der Waals surface area (Å²) in [6.45, 7) is 6.32. The van der Waals surface area contributed by atoms with Gasteiger partial charge in [0.1, 0.15) is 13.2 Å². The minimum absolute atomic E-state index is 0. The summed E-state index contributed by atoms with van der Waals surface area (Å²) in [6, 6.07) is 0. The molecule has 2 nitrogen and oxygen atoms in total. The van der Waals surface area contributed by atoms with Gasteiger partial charge in [0.25, 0.3) is 0 Å². The zero-order valence-corrected chi connectivity index (χ0v) is 17.3. The minimum Gasteiger partial charge on any atom is -1.00 e.